The molecule has 2 aliphatic rings. The molecule has 19 heavy (non-hydrogen) atoms. The molecule has 0 bridgehead atoms. The molecule has 1 fully saturated rings. The molecular formula is C16H20ClNO. The summed E-state index contributed by atoms with van der Waals surface area (Å²) in [7, 11) is 1.84. The van der Waals surface area contributed by atoms with E-state index in [1.807, 2.05) is 13.1 Å². The number of alkyl halides is 1. The fraction of sp³-hybridized carbons (Fsp3) is 0.562. The summed E-state index contributed by atoms with van der Waals surface area (Å²) in [6.07, 6.45) is 4.33. The predicted octanol–water partition coefficient (Wildman–Crippen LogP) is 3.92. The van der Waals surface area contributed by atoms with Crippen molar-refractivity contribution in [2.24, 2.45) is 11.8 Å². The highest BCUT2D eigenvalue weighted by molar-refractivity contribution is 6.21. The summed E-state index contributed by atoms with van der Waals surface area (Å²) in [6.45, 7) is 2.30. The van der Waals surface area contributed by atoms with Gasteiger partial charge in [0.1, 0.15) is 0 Å². The number of amides is 1. The van der Waals surface area contributed by atoms with Crippen LogP contribution in [0.4, 0.5) is 5.69 Å². The van der Waals surface area contributed by atoms with Crippen molar-refractivity contribution in [1.29, 1.82) is 0 Å². The molecule has 1 aromatic carbocycles. The van der Waals surface area contributed by atoms with Gasteiger partial charge in [-0.05, 0) is 35.4 Å². The second kappa shape index (κ2) is 4.82. The molecule has 0 saturated heterocycles. The van der Waals surface area contributed by atoms with E-state index >= 15 is 0 Å². The van der Waals surface area contributed by atoms with E-state index in [0.29, 0.717) is 18.3 Å². The van der Waals surface area contributed by atoms with Crippen LogP contribution in [-0.4, -0.2) is 13.0 Å². The van der Waals surface area contributed by atoms with Crippen molar-refractivity contribution in [3.8, 4) is 0 Å². The van der Waals surface area contributed by atoms with Crippen molar-refractivity contribution in [2.75, 3.05) is 11.9 Å². The van der Waals surface area contributed by atoms with Crippen LogP contribution in [0.15, 0.2) is 18.2 Å². The number of carbonyl (C=O) groups is 1. The summed E-state index contributed by atoms with van der Waals surface area (Å²) in [4.78, 5) is 13.5. The van der Waals surface area contributed by atoms with E-state index in [1.165, 1.54) is 24.8 Å². The van der Waals surface area contributed by atoms with Crippen molar-refractivity contribution in [3.05, 3.63) is 29.3 Å². The molecule has 0 aromatic heterocycles. The van der Waals surface area contributed by atoms with E-state index < -0.39 is 0 Å². The van der Waals surface area contributed by atoms with Gasteiger partial charge in [-0.3, -0.25) is 4.79 Å². The number of carbonyl (C=O) groups excluding carboxylic acids is 1. The molecule has 3 unspecified atom stereocenters. The first-order valence-corrected chi connectivity index (χ1v) is 7.55. The van der Waals surface area contributed by atoms with Gasteiger partial charge in [0.05, 0.1) is 11.8 Å². The lowest BCUT2D eigenvalue weighted by molar-refractivity contribution is -0.117. The van der Waals surface area contributed by atoms with Gasteiger partial charge in [-0.25, -0.2) is 0 Å². The number of anilines is 1. The third-order valence-corrected chi connectivity index (χ3v) is 5.38. The topological polar surface area (TPSA) is 20.3 Å². The van der Waals surface area contributed by atoms with Crippen molar-refractivity contribution in [1.82, 2.24) is 0 Å². The lowest BCUT2D eigenvalue weighted by atomic mass is 9.89. The Kier molecular flexibility index (Phi) is 3.30. The molecule has 1 aliphatic heterocycles. The molecule has 0 radical (unpaired) electrons. The van der Waals surface area contributed by atoms with Crippen LogP contribution in [0.1, 0.15) is 42.7 Å². The first-order chi connectivity index (χ1) is 9.08. The summed E-state index contributed by atoms with van der Waals surface area (Å²) >= 11 is 6.68. The van der Waals surface area contributed by atoms with Crippen LogP contribution in [0.5, 0.6) is 0 Å². The van der Waals surface area contributed by atoms with E-state index in [0.717, 1.165) is 11.3 Å². The molecule has 102 valence electrons. The van der Waals surface area contributed by atoms with Gasteiger partial charge in [0.15, 0.2) is 0 Å². The zero-order chi connectivity index (χ0) is 13.6. The smallest absolute Gasteiger partial charge is 0.231 e. The lowest BCUT2D eigenvalue weighted by Gasteiger charge is -2.22. The normalized spacial score (nSPS) is 27.7. The number of nitrogens with zero attached hydrogens (tertiary/aromatic N) is 1. The van der Waals surface area contributed by atoms with Crippen LogP contribution in [-0.2, 0) is 11.2 Å². The maximum Gasteiger partial charge on any atom is 0.231 e. The lowest BCUT2D eigenvalue weighted by Crippen LogP contribution is -2.20. The van der Waals surface area contributed by atoms with Gasteiger partial charge < -0.3 is 4.90 Å². The zero-order valence-corrected chi connectivity index (χ0v) is 12.3. The van der Waals surface area contributed by atoms with E-state index in [1.54, 1.807) is 4.90 Å². The number of hydrogen-bond acceptors (Lipinski definition) is 1. The van der Waals surface area contributed by atoms with Gasteiger partial charge in [-0.15, -0.1) is 11.6 Å². The maximum atomic E-state index is 11.7. The number of halogens is 1. The summed E-state index contributed by atoms with van der Waals surface area (Å²) < 4.78 is 0. The molecule has 1 heterocycles. The molecule has 0 N–H and O–H groups in total. The van der Waals surface area contributed by atoms with Gasteiger partial charge in [-0.1, -0.05) is 31.9 Å². The summed E-state index contributed by atoms with van der Waals surface area (Å²) in [5.41, 5.74) is 3.35. The number of hydrogen-bond donors (Lipinski definition) is 0. The van der Waals surface area contributed by atoms with E-state index in [9.17, 15) is 4.79 Å². The Morgan fingerprint density at radius 1 is 1.37 bits per heavy atom. The molecule has 2 nitrogen and oxygen atoms in total. The van der Waals surface area contributed by atoms with Crippen LogP contribution < -0.4 is 4.90 Å². The summed E-state index contributed by atoms with van der Waals surface area (Å²) in [6, 6.07) is 6.28. The predicted molar refractivity (Wildman–Crippen MR) is 78.7 cm³/mol. The molecule has 1 aromatic rings. The average molecular weight is 278 g/mol. The third kappa shape index (κ3) is 2.16. The van der Waals surface area contributed by atoms with Crippen LogP contribution in [0.25, 0.3) is 0 Å². The Labute approximate surface area is 119 Å². The first-order valence-electron chi connectivity index (χ1n) is 7.11. The first kappa shape index (κ1) is 13.0. The highest BCUT2D eigenvalue weighted by atomic mass is 35.5. The van der Waals surface area contributed by atoms with Gasteiger partial charge in [0.25, 0.3) is 0 Å². The molecule has 3 atom stereocenters. The minimum Gasteiger partial charge on any atom is -0.315 e. The fourth-order valence-electron chi connectivity index (χ4n) is 3.52. The Hall–Kier alpha value is -1.02. The van der Waals surface area contributed by atoms with Crippen molar-refractivity contribution in [2.45, 2.75) is 38.0 Å². The third-order valence-electron chi connectivity index (χ3n) is 4.80. The quantitative estimate of drug-likeness (QED) is 0.750. The van der Waals surface area contributed by atoms with Gasteiger partial charge in [0, 0.05) is 12.7 Å². The van der Waals surface area contributed by atoms with Gasteiger partial charge in [0.2, 0.25) is 5.91 Å². The largest absolute Gasteiger partial charge is 0.315 e. The van der Waals surface area contributed by atoms with Gasteiger partial charge in [-0.2, -0.15) is 0 Å². The molecule has 1 saturated carbocycles. The SMILES string of the molecule is CC1CCCC1C(Cl)c1ccc2c(c1)CC(=O)N2C. The summed E-state index contributed by atoms with van der Waals surface area (Å²) in [5.74, 6) is 1.46. The van der Waals surface area contributed by atoms with E-state index in [-0.39, 0.29) is 11.3 Å². The Morgan fingerprint density at radius 2 is 2.16 bits per heavy atom. The Bertz CT molecular complexity index is 513. The Balaban J connectivity index is 1.87. The highest BCUT2D eigenvalue weighted by Gasteiger charge is 2.32. The van der Waals surface area contributed by atoms with E-state index in [4.69, 9.17) is 11.6 Å². The van der Waals surface area contributed by atoms with Crippen molar-refractivity contribution >= 4 is 23.2 Å². The fourth-order valence-corrected chi connectivity index (χ4v) is 4.03. The van der Waals surface area contributed by atoms with Crippen LogP contribution >= 0.6 is 11.6 Å². The van der Waals surface area contributed by atoms with Crippen LogP contribution in [0.2, 0.25) is 0 Å². The highest BCUT2D eigenvalue weighted by Crippen LogP contribution is 2.44. The number of fused-ring (bicyclic) bond motifs is 1. The van der Waals surface area contributed by atoms with Crippen molar-refractivity contribution in [3.63, 3.8) is 0 Å². The molecule has 0 spiro atoms. The molecule has 3 rings (SSSR count). The minimum absolute atomic E-state index is 0.0869. The standard InChI is InChI=1S/C16H20ClNO/c1-10-4-3-5-13(10)16(17)11-6-7-14-12(8-11)9-15(19)18(14)2/h6-8,10,13,16H,3-5,9H2,1-2H3. The van der Waals surface area contributed by atoms with Gasteiger partial charge >= 0.3 is 0 Å². The van der Waals surface area contributed by atoms with Crippen LogP contribution in [0.3, 0.4) is 0 Å². The second-order valence-electron chi connectivity index (χ2n) is 5.99. The zero-order valence-electron chi connectivity index (χ0n) is 11.5. The summed E-state index contributed by atoms with van der Waals surface area (Å²) in [5, 5.41) is 0.0869. The molecule has 3 heteroatoms. The molecular weight excluding hydrogens is 258 g/mol. The second-order valence-corrected chi connectivity index (χ2v) is 6.46. The monoisotopic (exact) mass is 277 g/mol. The Morgan fingerprint density at radius 3 is 2.84 bits per heavy atom. The molecule has 1 amide bonds. The van der Waals surface area contributed by atoms with Crippen LogP contribution in [0, 0.1) is 11.8 Å². The molecule has 1 aliphatic carbocycles. The average Bonchev–Trinajstić information content (AvgIpc) is 2.93. The maximum absolute atomic E-state index is 11.7. The van der Waals surface area contributed by atoms with E-state index in [2.05, 4.69) is 19.1 Å². The number of benzene rings is 1. The van der Waals surface area contributed by atoms with Crippen molar-refractivity contribution < 1.29 is 4.79 Å². The number of likely N-dealkylation sites (N-methyl/N-ethyl adjacent to an activating group) is 1. The number of rotatable bonds is 2. The minimum atomic E-state index is 0.0869.